The van der Waals surface area contributed by atoms with Crippen molar-refractivity contribution >= 4 is 17.3 Å². The predicted molar refractivity (Wildman–Crippen MR) is 92.9 cm³/mol. The second-order valence-electron chi connectivity index (χ2n) is 5.34. The van der Waals surface area contributed by atoms with Gasteiger partial charge in [-0.1, -0.05) is 24.3 Å². The van der Waals surface area contributed by atoms with Crippen molar-refractivity contribution in [2.24, 2.45) is 0 Å². The Balaban J connectivity index is 1.98. The van der Waals surface area contributed by atoms with Gasteiger partial charge in [-0.25, -0.2) is 0 Å². The predicted octanol–water partition coefficient (Wildman–Crippen LogP) is 3.09. The lowest BCUT2D eigenvalue weighted by molar-refractivity contribution is 0.0985. The van der Waals surface area contributed by atoms with Crippen molar-refractivity contribution in [3.63, 3.8) is 0 Å². The fraction of sp³-hybridized carbons (Fsp3) is 0.158. The molecule has 0 amide bonds. The molecule has 3 rings (SSSR count). The number of nitrogens with one attached hydrogen (secondary N) is 1. The van der Waals surface area contributed by atoms with Crippen molar-refractivity contribution in [1.29, 1.82) is 0 Å². The minimum absolute atomic E-state index is 0.193. The Hall–Kier alpha value is -3.28. The van der Waals surface area contributed by atoms with Crippen LogP contribution >= 0.6 is 0 Å². The van der Waals surface area contributed by atoms with Crippen molar-refractivity contribution in [2.75, 3.05) is 26.6 Å². The Morgan fingerprint density at radius 2 is 1.44 bits per heavy atom. The monoisotopic (exact) mass is 339 g/mol. The number of ketones is 2. The summed E-state index contributed by atoms with van der Waals surface area (Å²) in [5.74, 6) is 0.870. The van der Waals surface area contributed by atoms with Gasteiger partial charge in [-0.3, -0.25) is 9.59 Å². The standard InChI is InChI=1S/C19H17NO5/c1-23-16-8-11(9-17(24-2)19(16)25-3)20-14-10-15(21)12-6-4-5-7-13(12)18(14)22/h4-10,20H,1-3H3. The van der Waals surface area contributed by atoms with Gasteiger partial charge in [0.25, 0.3) is 0 Å². The number of methoxy groups -OCH3 is 3. The fourth-order valence-corrected chi connectivity index (χ4v) is 2.72. The molecule has 1 aliphatic carbocycles. The summed E-state index contributed by atoms with van der Waals surface area (Å²) in [5, 5.41) is 2.98. The van der Waals surface area contributed by atoms with Gasteiger partial charge in [0.2, 0.25) is 11.5 Å². The van der Waals surface area contributed by atoms with E-state index in [0.717, 1.165) is 0 Å². The summed E-state index contributed by atoms with van der Waals surface area (Å²) in [7, 11) is 4.52. The normalized spacial score (nSPS) is 13.0. The molecule has 0 heterocycles. The Bertz CT molecular complexity index is 860. The first-order valence-electron chi connectivity index (χ1n) is 7.55. The van der Waals surface area contributed by atoms with Crippen LogP contribution in [0.1, 0.15) is 20.7 Å². The summed E-state index contributed by atoms with van der Waals surface area (Å²) >= 11 is 0. The number of allylic oxidation sites excluding steroid dienone is 2. The first-order valence-corrected chi connectivity index (χ1v) is 7.55. The van der Waals surface area contributed by atoms with Crippen molar-refractivity contribution in [3.8, 4) is 17.2 Å². The second kappa shape index (κ2) is 6.68. The molecule has 2 aromatic rings. The molecule has 0 saturated heterocycles. The number of carbonyl (C=O) groups is 2. The number of ether oxygens (including phenoxy) is 3. The number of hydrogen-bond acceptors (Lipinski definition) is 6. The highest BCUT2D eigenvalue weighted by molar-refractivity contribution is 6.25. The number of Topliss-reactive ketones (excluding diaryl/α,β-unsaturated/α-hetero) is 1. The molecular formula is C19H17NO5. The summed E-state index contributed by atoms with van der Waals surface area (Å²) in [5.41, 5.74) is 1.52. The van der Waals surface area contributed by atoms with E-state index in [2.05, 4.69) is 5.32 Å². The average molecular weight is 339 g/mol. The van der Waals surface area contributed by atoms with E-state index in [4.69, 9.17) is 14.2 Å². The lowest BCUT2D eigenvalue weighted by atomic mass is 9.92. The third-order valence-corrected chi connectivity index (χ3v) is 3.90. The highest BCUT2D eigenvalue weighted by atomic mass is 16.5. The summed E-state index contributed by atoms with van der Waals surface area (Å²) in [6.07, 6.45) is 1.30. The summed E-state index contributed by atoms with van der Waals surface area (Å²) in [6, 6.07) is 10.1. The number of carbonyl (C=O) groups excluding carboxylic acids is 2. The van der Waals surface area contributed by atoms with Crippen LogP contribution in [0.25, 0.3) is 0 Å². The van der Waals surface area contributed by atoms with Gasteiger partial charge < -0.3 is 19.5 Å². The maximum Gasteiger partial charge on any atom is 0.210 e. The van der Waals surface area contributed by atoms with E-state index < -0.39 is 0 Å². The van der Waals surface area contributed by atoms with Crippen molar-refractivity contribution < 1.29 is 23.8 Å². The van der Waals surface area contributed by atoms with Gasteiger partial charge in [-0.05, 0) is 0 Å². The molecule has 0 fully saturated rings. The zero-order valence-electron chi connectivity index (χ0n) is 14.1. The van der Waals surface area contributed by atoms with E-state index in [9.17, 15) is 9.59 Å². The van der Waals surface area contributed by atoms with E-state index in [0.29, 0.717) is 34.1 Å². The lowest BCUT2D eigenvalue weighted by Gasteiger charge is -2.18. The molecule has 0 aliphatic heterocycles. The van der Waals surface area contributed by atoms with Gasteiger partial charge in [-0.15, -0.1) is 0 Å². The summed E-state index contributed by atoms with van der Waals surface area (Å²) < 4.78 is 15.9. The largest absolute Gasteiger partial charge is 0.493 e. The Kier molecular flexibility index (Phi) is 4.43. The molecule has 0 unspecified atom stereocenters. The van der Waals surface area contributed by atoms with Gasteiger partial charge in [0.05, 0.1) is 27.0 Å². The van der Waals surface area contributed by atoms with Crippen LogP contribution in [-0.2, 0) is 0 Å². The minimum Gasteiger partial charge on any atom is -0.493 e. The molecule has 6 heteroatoms. The van der Waals surface area contributed by atoms with Gasteiger partial charge >= 0.3 is 0 Å². The van der Waals surface area contributed by atoms with Crippen molar-refractivity contribution in [2.45, 2.75) is 0 Å². The average Bonchev–Trinajstić information content (AvgIpc) is 2.65. The summed E-state index contributed by atoms with van der Waals surface area (Å²) in [6.45, 7) is 0. The number of anilines is 1. The molecule has 0 bridgehead atoms. The van der Waals surface area contributed by atoms with Gasteiger partial charge in [0.1, 0.15) is 0 Å². The molecule has 1 aliphatic rings. The Morgan fingerprint density at radius 1 is 0.840 bits per heavy atom. The van der Waals surface area contributed by atoms with Crippen LogP contribution < -0.4 is 19.5 Å². The van der Waals surface area contributed by atoms with Gasteiger partial charge in [0, 0.05) is 35.0 Å². The van der Waals surface area contributed by atoms with Crippen LogP contribution in [0.4, 0.5) is 5.69 Å². The van der Waals surface area contributed by atoms with Gasteiger partial charge in [0.15, 0.2) is 17.3 Å². The smallest absolute Gasteiger partial charge is 0.210 e. The maximum atomic E-state index is 12.6. The van der Waals surface area contributed by atoms with Crippen LogP contribution in [0, 0.1) is 0 Å². The van der Waals surface area contributed by atoms with E-state index in [1.807, 2.05) is 0 Å². The molecule has 1 N–H and O–H groups in total. The molecule has 128 valence electrons. The quantitative estimate of drug-likeness (QED) is 0.902. The Morgan fingerprint density at radius 3 is 2.00 bits per heavy atom. The molecular weight excluding hydrogens is 322 g/mol. The minimum atomic E-state index is -0.246. The highest BCUT2D eigenvalue weighted by Gasteiger charge is 2.25. The molecule has 6 nitrogen and oxygen atoms in total. The third kappa shape index (κ3) is 2.94. The first-order chi connectivity index (χ1) is 12.1. The molecule has 0 aromatic heterocycles. The molecule has 0 radical (unpaired) electrons. The molecule has 0 spiro atoms. The van der Waals surface area contributed by atoms with Crippen LogP contribution in [-0.4, -0.2) is 32.9 Å². The van der Waals surface area contributed by atoms with Crippen LogP contribution in [0.3, 0.4) is 0 Å². The van der Waals surface area contributed by atoms with E-state index in [1.54, 1.807) is 36.4 Å². The van der Waals surface area contributed by atoms with Crippen molar-refractivity contribution in [1.82, 2.24) is 0 Å². The topological polar surface area (TPSA) is 73.9 Å². The van der Waals surface area contributed by atoms with Crippen LogP contribution in [0.2, 0.25) is 0 Å². The number of hydrogen-bond donors (Lipinski definition) is 1. The van der Waals surface area contributed by atoms with Crippen LogP contribution in [0.5, 0.6) is 17.2 Å². The van der Waals surface area contributed by atoms with Crippen molar-refractivity contribution in [3.05, 3.63) is 59.3 Å². The molecule has 0 atom stereocenters. The fourth-order valence-electron chi connectivity index (χ4n) is 2.72. The Labute approximate surface area is 145 Å². The number of fused-ring (bicyclic) bond motifs is 1. The van der Waals surface area contributed by atoms with E-state index >= 15 is 0 Å². The molecule has 0 saturated carbocycles. The van der Waals surface area contributed by atoms with E-state index in [-0.39, 0.29) is 17.3 Å². The third-order valence-electron chi connectivity index (χ3n) is 3.90. The zero-order valence-corrected chi connectivity index (χ0v) is 14.1. The van der Waals surface area contributed by atoms with Gasteiger partial charge in [-0.2, -0.15) is 0 Å². The first kappa shape index (κ1) is 16.6. The zero-order chi connectivity index (χ0) is 18.0. The molecule has 25 heavy (non-hydrogen) atoms. The van der Waals surface area contributed by atoms with Crippen LogP contribution in [0.15, 0.2) is 48.2 Å². The van der Waals surface area contributed by atoms with E-state index in [1.165, 1.54) is 27.4 Å². The molecule has 2 aromatic carbocycles. The highest BCUT2D eigenvalue weighted by Crippen LogP contribution is 2.40. The SMILES string of the molecule is COc1cc(NC2=CC(=O)c3ccccc3C2=O)cc(OC)c1OC. The maximum absolute atomic E-state index is 12.6. The second-order valence-corrected chi connectivity index (χ2v) is 5.34. The number of benzene rings is 2. The summed E-state index contributed by atoms with van der Waals surface area (Å²) in [4.78, 5) is 24.9. The number of rotatable bonds is 5. The lowest BCUT2D eigenvalue weighted by Crippen LogP contribution is -2.21.